The van der Waals surface area contributed by atoms with Crippen LogP contribution in [0.3, 0.4) is 0 Å². The summed E-state index contributed by atoms with van der Waals surface area (Å²) in [5, 5.41) is 5.23. The number of benzene rings is 1. The standard InChI is InChI=1S/C14H12BrFN2O3/c1-21-12(19)6-18-14(20)8-3-2-7(15)4-9(8)13(17-18)10-5-11(10)16/h2-4,10-11H,5-6H2,1H3/t10-,11-/m0/s1. The van der Waals surface area contributed by atoms with Gasteiger partial charge in [-0.25, -0.2) is 9.07 Å². The van der Waals surface area contributed by atoms with Crippen molar-refractivity contribution in [2.45, 2.75) is 25.1 Å². The summed E-state index contributed by atoms with van der Waals surface area (Å²) in [5.74, 6) is -0.883. The van der Waals surface area contributed by atoms with E-state index >= 15 is 0 Å². The second-order valence-corrected chi connectivity index (χ2v) is 5.89. The number of halogens is 2. The maximum atomic E-state index is 13.4. The van der Waals surface area contributed by atoms with Crippen molar-refractivity contribution in [3.63, 3.8) is 0 Å². The van der Waals surface area contributed by atoms with Gasteiger partial charge in [0.25, 0.3) is 5.56 Å². The molecule has 110 valence electrons. The molecule has 5 nitrogen and oxygen atoms in total. The highest BCUT2D eigenvalue weighted by molar-refractivity contribution is 9.10. The normalized spacial score (nSPS) is 20.5. The van der Waals surface area contributed by atoms with E-state index in [1.807, 2.05) is 0 Å². The highest BCUT2D eigenvalue weighted by Crippen LogP contribution is 2.44. The first kappa shape index (κ1) is 14.2. The van der Waals surface area contributed by atoms with Crippen LogP contribution in [0.4, 0.5) is 4.39 Å². The maximum Gasteiger partial charge on any atom is 0.327 e. The summed E-state index contributed by atoms with van der Waals surface area (Å²) in [6.45, 7) is -0.280. The SMILES string of the molecule is COC(=O)Cn1nc([C@H]2C[C@@H]2F)c2cc(Br)ccc2c1=O. The minimum absolute atomic E-state index is 0.280. The molecule has 0 saturated heterocycles. The molecule has 21 heavy (non-hydrogen) atoms. The molecule has 1 aliphatic carbocycles. The van der Waals surface area contributed by atoms with Gasteiger partial charge in [0.15, 0.2) is 0 Å². The van der Waals surface area contributed by atoms with Crippen molar-refractivity contribution in [3.8, 4) is 0 Å². The number of esters is 1. The van der Waals surface area contributed by atoms with Gasteiger partial charge in [-0.2, -0.15) is 5.10 Å². The third kappa shape index (κ3) is 2.57. The van der Waals surface area contributed by atoms with Gasteiger partial charge in [0, 0.05) is 15.8 Å². The molecule has 1 aromatic carbocycles. The highest BCUT2D eigenvalue weighted by Gasteiger charge is 2.41. The molecule has 0 radical (unpaired) electrons. The van der Waals surface area contributed by atoms with Gasteiger partial charge in [0.05, 0.1) is 18.2 Å². The Bertz CT molecular complexity index is 790. The zero-order chi connectivity index (χ0) is 15.1. The van der Waals surface area contributed by atoms with Crippen LogP contribution in [0.15, 0.2) is 27.5 Å². The van der Waals surface area contributed by atoms with Gasteiger partial charge in [0.1, 0.15) is 12.7 Å². The number of carbonyl (C=O) groups is 1. The monoisotopic (exact) mass is 354 g/mol. The molecule has 0 N–H and O–H groups in total. The topological polar surface area (TPSA) is 61.2 Å². The second kappa shape index (κ2) is 5.22. The smallest absolute Gasteiger partial charge is 0.327 e. The first-order valence-electron chi connectivity index (χ1n) is 6.42. The van der Waals surface area contributed by atoms with E-state index < -0.39 is 12.1 Å². The second-order valence-electron chi connectivity index (χ2n) is 4.97. The van der Waals surface area contributed by atoms with Crippen LogP contribution in [0.1, 0.15) is 18.0 Å². The lowest BCUT2D eigenvalue weighted by atomic mass is 10.1. The third-order valence-electron chi connectivity index (χ3n) is 3.52. The Balaban J connectivity index is 2.22. The summed E-state index contributed by atoms with van der Waals surface area (Å²) in [5.41, 5.74) is 0.130. The van der Waals surface area contributed by atoms with E-state index in [4.69, 9.17) is 0 Å². The molecule has 2 aromatic rings. The van der Waals surface area contributed by atoms with E-state index in [1.54, 1.807) is 18.2 Å². The molecular formula is C14H12BrFN2O3. The summed E-state index contributed by atoms with van der Waals surface area (Å²) >= 11 is 3.34. The quantitative estimate of drug-likeness (QED) is 0.792. The zero-order valence-electron chi connectivity index (χ0n) is 11.2. The molecule has 0 aliphatic heterocycles. The van der Waals surface area contributed by atoms with E-state index in [0.717, 1.165) is 9.15 Å². The van der Waals surface area contributed by atoms with E-state index in [-0.39, 0.29) is 18.0 Å². The summed E-state index contributed by atoms with van der Waals surface area (Å²) < 4.78 is 19.8. The summed E-state index contributed by atoms with van der Waals surface area (Å²) in [4.78, 5) is 23.7. The Labute approximate surface area is 127 Å². The average molecular weight is 355 g/mol. The van der Waals surface area contributed by atoms with E-state index in [0.29, 0.717) is 22.9 Å². The van der Waals surface area contributed by atoms with E-state index in [1.165, 1.54) is 7.11 Å². The Morgan fingerprint density at radius 1 is 1.52 bits per heavy atom. The molecule has 0 amide bonds. The van der Waals surface area contributed by atoms with Crippen LogP contribution >= 0.6 is 15.9 Å². The molecule has 1 aromatic heterocycles. The number of aromatic nitrogens is 2. The molecule has 1 saturated carbocycles. The van der Waals surface area contributed by atoms with Crippen LogP contribution < -0.4 is 5.56 Å². The minimum Gasteiger partial charge on any atom is -0.468 e. The highest BCUT2D eigenvalue weighted by atomic mass is 79.9. The fourth-order valence-electron chi connectivity index (χ4n) is 2.30. The van der Waals surface area contributed by atoms with Crippen molar-refractivity contribution in [2.75, 3.05) is 7.11 Å². The van der Waals surface area contributed by atoms with E-state index in [2.05, 4.69) is 25.8 Å². The van der Waals surface area contributed by atoms with E-state index in [9.17, 15) is 14.0 Å². The molecule has 0 bridgehead atoms. The summed E-state index contributed by atoms with van der Waals surface area (Å²) in [6, 6.07) is 5.14. The number of rotatable bonds is 3. The molecular weight excluding hydrogens is 343 g/mol. The number of ether oxygens (including phenoxy) is 1. The van der Waals surface area contributed by atoms with Gasteiger partial charge >= 0.3 is 5.97 Å². The predicted octanol–water partition coefficient (Wildman–Crippen LogP) is 2.16. The lowest BCUT2D eigenvalue weighted by Crippen LogP contribution is -2.28. The van der Waals surface area contributed by atoms with Gasteiger partial charge < -0.3 is 4.74 Å². The lowest BCUT2D eigenvalue weighted by Gasteiger charge is -2.10. The van der Waals surface area contributed by atoms with Crippen LogP contribution in [0.5, 0.6) is 0 Å². The Hall–Kier alpha value is -1.76. The number of alkyl halides is 1. The number of nitrogens with zero attached hydrogens (tertiary/aromatic N) is 2. The molecule has 2 atom stereocenters. The zero-order valence-corrected chi connectivity index (χ0v) is 12.8. The largest absolute Gasteiger partial charge is 0.468 e. The van der Waals surface area contributed by atoms with Gasteiger partial charge in [0.2, 0.25) is 0 Å². The first-order valence-corrected chi connectivity index (χ1v) is 7.21. The molecule has 1 fully saturated rings. The fourth-order valence-corrected chi connectivity index (χ4v) is 2.66. The molecule has 0 spiro atoms. The van der Waals surface area contributed by atoms with Crippen LogP contribution in [0, 0.1) is 0 Å². The Morgan fingerprint density at radius 2 is 2.24 bits per heavy atom. The van der Waals surface area contributed by atoms with Gasteiger partial charge in [-0.15, -0.1) is 0 Å². The van der Waals surface area contributed by atoms with Gasteiger partial charge in [-0.3, -0.25) is 9.59 Å². The number of methoxy groups -OCH3 is 1. The molecule has 7 heteroatoms. The van der Waals surface area contributed by atoms with Crippen molar-refractivity contribution in [3.05, 3.63) is 38.7 Å². The minimum atomic E-state index is -0.941. The van der Waals surface area contributed by atoms with Gasteiger partial charge in [-0.05, 0) is 24.6 Å². The Kier molecular flexibility index (Phi) is 3.52. The molecule has 1 aliphatic rings. The van der Waals surface area contributed by atoms with Gasteiger partial charge in [-0.1, -0.05) is 15.9 Å². The maximum absolute atomic E-state index is 13.4. The number of carbonyl (C=O) groups excluding carboxylic acids is 1. The number of fused-ring (bicyclic) bond motifs is 1. The lowest BCUT2D eigenvalue weighted by molar-refractivity contribution is -0.141. The van der Waals surface area contributed by atoms with Crippen molar-refractivity contribution in [1.29, 1.82) is 0 Å². The molecule has 3 rings (SSSR count). The average Bonchev–Trinajstić information content (AvgIpc) is 3.18. The first-order chi connectivity index (χ1) is 10.0. The van der Waals surface area contributed by atoms with Crippen LogP contribution in [-0.2, 0) is 16.1 Å². The fraction of sp³-hybridized carbons (Fsp3) is 0.357. The van der Waals surface area contributed by atoms with Crippen LogP contribution in [-0.4, -0.2) is 29.0 Å². The third-order valence-corrected chi connectivity index (χ3v) is 4.01. The van der Waals surface area contributed by atoms with Crippen LogP contribution in [0.2, 0.25) is 0 Å². The summed E-state index contributed by atoms with van der Waals surface area (Å²) in [7, 11) is 1.24. The predicted molar refractivity (Wildman–Crippen MR) is 78.0 cm³/mol. The molecule has 0 unspecified atom stereocenters. The summed E-state index contributed by atoms with van der Waals surface area (Å²) in [6.07, 6.45) is -0.547. The Morgan fingerprint density at radius 3 is 2.86 bits per heavy atom. The van der Waals surface area contributed by atoms with Crippen molar-refractivity contribution in [1.82, 2.24) is 9.78 Å². The van der Waals surface area contributed by atoms with Crippen molar-refractivity contribution >= 4 is 32.7 Å². The number of hydrogen-bond donors (Lipinski definition) is 0. The number of hydrogen-bond acceptors (Lipinski definition) is 4. The van der Waals surface area contributed by atoms with Crippen molar-refractivity contribution < 1.29 is 13.9 Å². The van der Waals surface area contributed by atoms with Crippen LogP contribution in [0.25, 0.3) is 10.8 Å². The molecule has 1 heterocycles. The van der Waals surface area contributed by atoms with Crippen molar-refractivity contribution in [2.24, 2.45) is 0 Å².